The number of ether oxygens (including phenoxy) is 2. The summed E-state index contributed by atoms with van der Waals surface area (Å²) in [7, 11) is 0. The SMILES string of the molecule is CCCOc1ccccc1OCCNc1ccccc1Br. The van der Waals surface area contributed by atoms with Gasteiger partial charge in [-0.3, -0.25) is 0 Å². The summed E-state index contributed by atoms with van der Waals surface area (Å²) in [5.41, 5.74) is 1.07. The summed E-state index contributed by atoms with van der Waals surface area (Å²) in [6.07, 6.45) is 0.984. The molecular formula is C17H20BrNO2. The highest BCUT2D eigenvalue weighted by Crippen LogP contribution is 2.26. The van der Waals surface area contributed by atoms with Crippen LogP contribution in [0.2, 0.25) is 0 Å². The van der Waals surface area contributed by atoms with Crippen molar-refractivity contribution < 1.29 is 9.47 Å². The van der Waals surface area contributed by atoms with Crippen LogP contribution in [0, 0.1) is 0 Å². The second-order valence-electron chi connectivity index (χ2n) is 4.55. The maximum atomic E-state index is 5.79. The largest absolute Gasteiger partial charge is 0.490 e. The number of nitrogens with one attached hydrogen (secondary N) is 1. The van der Waals surface area contributed by atoms with Gasteiger partial charge in [-0.25, -0.2) is 0 Å². The lowest BCUT2D eigenvalue weighted by molar-refractivity contribution is 0.274. The Kier molecular flexibility index (Phi) is 6.41. The summed E-state index contributed by atoms with van der Waals surface area (Å²) in [5, 5.41) is 3.33. The number of hydrogen-bond acceptors (Lipinski definition) is 3. The number of anilines is 1. The zero-order valence-electron chi connectivity index (χ0n) is 12.1. The van der Waals surface area contributed by atoms with Crippen LogP contribution in [-0.4, -0.2) is 19.8 Å². The number of halogens is 1. The van der Waals surface area contributed by atoms with Crippen LogP contribution in [0.4, 0.5) is 5.69 Å². The Hall–Kier alpha value is -1.68. The van der Waals surface area contributed by atoms with Gasteiger partial charge < -0.3 is 14.8 Å². The van der Waals surface area contributed by atoms with Crippen molar-refractivity contribution in [1.29, 1.82) is 0 Å². The molecule has 0 aliphatic rings. The Morgan fingerprint density at radius 2 is 1.52 bits per heavy atom. The van der Waals surface area contributed by atoms with Crippen molar-refractivity contribution in [2.75, 3.05) is 25.1 Å². The molecule has 0 fully saturated rings. The minimum Gasteiger partial charge on any atom is -0.490 e. The molecule has 0 saturated carbocycles. The van der Waals surface area contributed by atoms with Crippen molar-refractivity contribution >= 4 is 21.6 Å². The van der Waals surface area contributed by atoms with Crippen molar-refractivity contribution in [2.24, 2.45) is 0 Å². The van der Waals surface area contributed by atoms with Crippen LogP contribution in [0.15, 0.2) is 53.0 Å². The molecule has 4 heteroatoms. The second-order valence-corrected chi connectivity index (χ2v) is 5.40. The number of rotatable bonds is 8. The summed E-state index contributed by atoms with van der Waals surface area (Å²) in [6.45, 7) is 4.10. The van der Waals surface area contributed by atoms with Gasteiger partial charge in [-0.1, -0.05) is 31.2 Å². The zero-order valence-corrected chi connectivity index (χ0v) is 13.7. The first-order valence-corrected chi connectivity index (χ1v) is 7.93. The third kappa shape index (κ3) is 4.97. The molecule has 0 aliphatic heterocycles. The fourth-order valence-corrected chi connectivity index (χ4v) is 2.28. The molecule has 0 spiro atoms. The van der Waals surface area contributed by atoms with E-state index in [1.165, 1.54) is 0 Å². The van der Waals surface area contributed by atoms with Gasteiger partial charge in [0, 0.05) is 16.7 Å². The molecule has 3 nitrogen and oxygen atoms in total. The third-order valence-corrected chi connectivity index (χ3v) is 3.55. The molecule has 0 aliphatic carbocycles. The summed E-state index contributed by atoms with van der Waals surface area (Å²) in [6, 6.07) is 15.8. The van der Waals surface area contributed by atoms with Crippen LogP contribution >= 0.6 is 15.9 Å². The molecule has 112 valence electrons. The van der Waals surface area contributed by atoms with Crippen LogP contribution < -0.4 is 14.8 Å². The molecule has 0 heterocycles. The van der Waals surface area contributed by atoms with Crippen molar-refractivity contribution in [1.82, 2.24) is 0 Å². The van der Waals surface area contributed by atoms with E-state index in [0.717, 1.165) is 34.6 Å². The molecule has 2 rings (SSSR count). The molecule has 2 aromatic rings. The summed E-state index contributed by atoms with van der Waals surface area (Å²) in [5.74, 6) is 1.60. The van der Waals surface area contributed by atoms with Gasteiger partial charge >= 0.3 is 0 Å². The number of para-hydroxylation sites is 3. The fraction of sp³-hybridized carbons (Fsp3) is 0.294. The predicted molar refractivity (Wildman–Crippen MR) is 90.4 cm³/mol. The first-order valence-electron chi connectivity index (χ1n) is 7.14. The lowest BCUT2D eigenvalue weighted by atomic mass is 10.3. The third-order valence-electron chi connectivity index (χ3n) is 2.86. The van der Waals surface area contributed by atoms with E-state index < -0.39 is 0 Å². The van der Waals surface area contributed by atoms with E-state index >= 15 is 0 Å². The van der Waals surface area contributed by atoms with E-state index in [-0.39, 0.29) is 0 Å². The first-order chi connectivity index (χ1) is 10.3. The molecule has 0 atom stereocenters. The average molecular weight is 350 g/mol. The Bertz CT molecular complexity index is 560. The molecular weight excluding hydrogens is 330 g/mol. The number of benzene rings is 2. The molecule has 0 saturated heterocycles. The average Bonchev–Trinajstić information content (AvgIpc) is 2.52. The zero-order chi connectivity index (χ0) is 14.9. The van der Waals surface area contributed by atoms with Crippen molar-refractivity contribution in [2.45, 2.75) is 13.3 Å². The van der Waals surface area contributed by atoms with Crippen LogP contribution in [0.3, 0.4) is 0 Å². The second kappa shape index (κ2) is 8.57. The van der Waals surface area contributed by atoms with Gasteiger partial charge in [0.25, 0.3) is 0 Å². The lowest BCUT2D eigenvalue weighted by Gasteiger charge is -2.13. The lowest BCUT2D eigenvalue weighted by Crippen LogP contribution is -2.12. The fourth-order valence-electron chi connectivity index (χ4n) is 1.85. The normalized spacial score (nSPS) is 10.2. The van der Waals surface area contributed by atoms with Crippen LogP contribution in [-0.2, 0) is 0 Å². The van der Waals surface area contributed by atoms with E-state index in [4.69, 9.17) is 9.47 Å². The van der Waals surface area contributed by atoms with Gasteiger partial charge in [-0.15, -0.1) is 0 Å². The minimum atomic E-state index is 0.577. The molecule has 0 radical (unpaired) electrons. The highest BCUT2D eigenvalue weighted by molar-refractivity contribution is 9.10. The van der Waals surface area contributed by atoms with Gasteiger partial charge in [0.15, 0.2) is 11.5 Å². The Balaban J connectivity index is 1.82. The van der Waals surface area contributed by atoms with E-state index in [1.54, 1.807) is 0 Å². The van der Waals surface area contributed by atoms with Crippen LogP contribution in [0.25, 0.3) is 0 Å². The molecule has 0 bridgehead atoms. The van der Waals surface area contributed by atoms with Gasteiger partial charge in [0.1, 0.15) is 6.61 Å². The summed E-state index contributed by atoms with van der Waals surface area (Å²) >= 11 is 3.51. The molecule has 21 heavy (non-hydrogen) atoms. The molecule has 0 amide bonds. The standard InChI is InChI=1S/C17H20BrNO2/c1-2-12-20-16-9-5-6-10-17(16)21-13-11-19-15-8-4-3-7-14(15)18/h3-10,19H,2,11-13H2,1H3. The molecule has 2 aromatic carbocycles. The van der Waals surface area contributed by atoms with Crippen molar-refractivity contribution in [3.8, 4) is 11.5 Å². The van der Waals surface area contributed by atoms with Crippen LogP contribution in [0.5, 0.6) is 11.5 Å². The van der Waals surface area contributed by atoms with Crippen LogP contribution in [0.1, 0.15) is 13.3 Å². The summed E-state index contributed by atoms with van der Waals surface area (Å²) < 4.78 is 12.5. The van der Waals surface area contributed by atoms with Gasteiger partial charge in [-0.05, 0) is 46.6 Å². The van der Waals surface area contributed by atoms with Crippen molar-refractivity contribution in [3.05, 3.63) is 53.0 Å². The maximum absolute atomic E-state index is 5.79. The van der Waals surface area contributed by atoms with Crippen molar-refractivity contribution in [3.63, 3.8) is 0 Å². The maximum Gasteiger partial charge on any atom is 0.161 e. The monoisotopic (exact) mass is 349 g/mol. The van der Waals surface area contributed by atoms with Gasteiger partial charge in [-0.2, -0.15) is 0 Å². The van der Waals surface area contributed by atoms with E-state index in [9.17, 15) is 0 Å². The smallest absolute Gasteiger partial charge is 0.161 e. The Labute approximate surface area is 134 Å². The van der Waals surface area contributed by atoms with E-state index in [1.807, 2.05) is 48.5 Å². The predicted octanol–water partition coefficient (Wildman–Crippen LogP) is 4.73. The van der Waals surface area contributed by atoms with Gasteiger partial charge in [0.05, 0.1) is 6.61 Å². The van der Waals surface area contributed by atoms with Gasteiger partial charge in [0.2, 0.25) is 0 Å². The highest BCUT2D eigenvalue weighted by Gasteiger charge is 2.03. The molecule has 0 unspecified atom stereocenters. The number of hydrogen-bond donors (Lipinski definition) is 1. The quantitative estimate of drug-likeness (QED) is 0.699. The first kappa shape index (κ1) is 15.7. The Morgan fingerprint density at radius 3 is 2.19 bits per heavy atom. The Morgan fingerprint density at radius 1 is 0.905 bits per heavy atom. The molecule has 0 aromatic heterocycles. The summed E-state index contributed by atoms with van der Waals surface area (Å²) in [4.78, 5) is 0. The van der Waals surface area contributed by atoms with E-state index in [0.29, 0.717) is 13.2 Å². The molecule has 1 N–H and O–H groups in total. The topological polar surface area (TPSA) is 30.5 Å². The highest BCUT2D eigenvalue weighted by atomic mass is 79.9. The van der Waals surface area contributed by atoms with E-state index in [2.05, 4.69) is 28.2 Å². The minimum absolute atomic E-state index is 0.577.